The maximum atomic E-state index is 12.2. The lowest BCUT2D eigenvalue weighted by molar-refractivity contribution is 0.0955. The number of rotatable bonds is 8. The first kappa shape index (κ1) is 23.3. The topological polar surface area (TPSA) is 59.9 Å². The summed E-state index contributed by atoms with van der Waals surface area (Å²) in [6.45, 7) is 4.90. The Morgan fingerprint density at radius 2 is 1.81 bits per heavy atom. The van der Waals surface area contributed by atoms with E-state index in [0.717, 1.165) is 19.2 Å². The van der Waals surface area contributed by atoms with E-state index < -0.39 is 0 Å². The lowest BCUT2D eigenvalue weighted by Gasteiger charge is -2.15. The molecule has 0 fully saturated rings. The summed E-state index contributed by atoms with van der Waals surface area (Å²) < 4.78 is 13.6. The predicted molar refractivity (Wildman–Crippen MR) is 135 cm³/mol. The quantitative estimate of drug-likeness (QED) is 0.195. The van der Waals surface area contributed by atoms with E-state index in [1.165, 1.54) is 5.56 Å². The summed E-state index contributed by atoms with van der Waals surface area (Å²) >= 11 is 5.76. The minimum absolute atomic E-state index is 0.269. The Hall–Kier alpha value is -2.39. The molecule has 31 heavy (non-hydrogen) atoms. The van der Waals surface area contributed by atoms with E-state index in [2.05, 4.69) is 68.1 Å². The lowest BCUT2D eigenvalue weighted by Crippen LogP contribution is -2.17. The van der Waals surface area contributed by atoms with Crippen molar-refractivity contribution >= 4 is 50.6 Å². The van der Waals surface area contributed by atoms with Crippen molar-refractivity contribution in [3.8, 4) is 11.5 Å². The molecule has 0 saturated carbocycles. The molecule has 0 atom stereocenters. The average Bonchev–Trinajstić information content (AvgIpc) is 2.75. The molecule has 160 valence electrons. The summed E-state index contributed by atoms with van der Waals surface area (Å²) in [5, 5.41) is 4.07. The number of nitrogens with zero attached hydrogens (tertiary/aromatic N) is 1. The largest absolute Gasteiger partial charge is 0.490 e. The Bertz CT molecular complexity index is 1070. The molecule has 0 radical (unpaired) electrons. The van der Waals surface area contributed by atoms with Gasteiger partial charge in [-0.2, -0.15) is 5.10 Å². The molecule has 1 amide bonds. The fourth-order valence-electron chi connectivity index (χ4n) is 2.74. The van der Waals surface area contributed by atoms with E-state index in [0.29, 0.717) is 30.3 Å². The van der Waals surface area contributed by atoms with Crippen LogP contribution in [0.2, 0.25) is 0 Å². The third-order valence-corrected chi connectivity index (χ3v) is 5.63. The van der Waals surface area contributed by atoms with Gasteiger partial charge in [0.05, 0.1) is 17.3 Å². The zero-order chi connectivity index (χ0) is 22.2. The van der Waals surface area contributed by atoms with Crippen LogP contribution in [0.5, 0.6) is 11.5 Å². The maximum absolute atomic E-state index is 12.2. The van der Waals surface area contributed by atoms with Crippen LogP contribution >= 0.6 is 38.5 Å². The van der Waals surface area contributed by atoms with Gasteiger partial charge in [-0.25, -0.2) is 5.43 Å². The van der Waals surface area contributed by atoms with Gasteiger partial charge in [0.15, 0.2) is 11.5 Å². The van der Waals surface area contributed by atoms with Gasteiger partial charge in [0.2, 0.25) is 0 Å². The Kier molecular flexibility index (Phi) is 8.48. The molecule has 0 aliphatic rings. The Morgan fingerprint density at radius 3 is 2.48 bits per heavy atom. The third kappa shape index (κ3) is 6.80. The van der Waals surface area contributed by atoms with Crippen LogP contribution in [0, 0.1) is 10.5 Å². The molecule has 3 aromatic carbocycles. The molecule has 0 aliphatic heterocycles. The Balaban J connectivity index is 1.71. The third-order valence-electron chi connectivity index (χ3n) is 4.32. The first-order chi connectivity index (χ1) is 15.0. The fourth-order valence-corrected chi connectivity index (χ4v) is 3.67. The molecule has 3 rings (SSSR count). The standard InChI is InChI=1S/C24H22BrIN2O3/c1-3-30-22-13-18(14-27-28-24(29)19-8-10-20(26)11-9-19)12-21(25)23(22)31-15-17-6-4-16(2)5-7-17/h4-14H,3,15H2,1-2H3,(H,28,29)/b27-14-. The highest BCUT2D eigenvalue weighted by Gasteiger charge is 2.12. The summed E-state index contributed by atoms with van der Waals surface area (Å²) in [6.07, 6.45) is 1.57. The van der Waals surface area contributed by atoms with E-state index in [1.54, 1.807) is 18.3 Å². The molecule has 0 heterocycles. The first-order valence-corrected chi connectivity index (χ1v) is 11.6. The molecule has 0 saturated heterocycles. The van der Waals surface area contributed by atoms with E-state index >= 15 is 0 Å². The fraction of sp³-hybridized carbons (Fsp3) is 0.167. The zero-order valence-corrected chi connectivity index (χ0v) is 20.9. The number of nitrogens with one attached hydrogen (secondary N) is 1. The summed E-state index contributed by atoms with van der Waals surface area (Å²) in [4.78, 5) is 12.2. The number of ether oxygens (including phenoxy) is 2. The van der Waals surface area contributed by atoms with Crippen molar-refractivity contribution in [2.75, 3.05) is 6.61 Å². The molecule has 0 unspecified atom stereocenters. The van der Waals surface area contributed by atoms with E-state index in [4.69, 9.17) is 9.47 Å². The van der Waals surface area contributed by atoms with Gasteiger partial charge >= 0.3 is 0 Å². The average molecular weight is 593 g/mol. The van der Waals surface area contributed by atoms with Crippen LogP contribution in [0.25, 0.3) is 0 Å². The van der Waals surface area contributed by atoms with Gasteiger partial charge in [-0.05, 0) is 99.9 Å². The normalized spacial score (nSPS) is 10.8. The van der Waals surface area contributed by atoms with Crippen molar-refractivity contribution in [1.29, 1.82) is 0 Å². The maximum Gasteiger partial charge on any atom is 0.271 e. The molecule has 3 aromatic rings. The molecule has 5 nitrogen and oxygen atoms in total. The van der Waals surface area contributed by atoms with Crippen LogP contribution in [0.4, 0.5) is 0 Å². The minimum Gasteiger partial charge on any atom is -0.490 e. The summed E-state index contributed by atoms with van der Waals surface area (Å²) in [5.74, 6) is 0.965. The number of carbonyl (C=O) groups is 1. The second-order valence-corrected chi connectivity index (χ2v) is 8.84. The lowest BCUT2D eigenvalue weighted by atomic mass is 10.1. The van der Waals surface area contributed by atoms with E-state index in [9.17, 15) is 4.79 Å². The number of hydrogen-bond acceptors (Lipinski definition) is 4. The van der Waals surface area contributed by atoms with Crippen molar-refractivity contribution in [3.05, 3.63) is 91.0 Å². The van der Waals surface area contributed by atoms with Crippen LogP contribution in [-0.2, 0) is 6.61 Å². The van der Waals surface area contributed by atoms with Gasteiger partial charge in [-0.15, -0.1) is 0 Å². The monoisotopic (exact) mass is 592 g/mol. The number of halogens is 2. The van der Waals surface area contributed by atoms with Gasteiger partial charge in [0.1, 0.15) is 6.61 Å². The number of aryl methyl sites for hydroxylation is 1. The van der Waals surface area contributed by atoms with Crippen LogP contribution in [0.15, 0.2) is 70.2 Å². The number of carbonyl (C=O) groups excluding carboxylic acids is 1. The second-order valence-electron chi connectivity index (χ2n) is 6.74. The minimum atomic E-state index is -0.269. The summed E-state index contributed by atoms with van der Waals surface area (Å²) in [7, 11) is 0. The number of hydrogen-bond donors (Lipinski definition) is 1. The number of amides is 1. The van der Waals surface area contributed by atoms with Crippen molar-refractivity contribution in [3.63, 3.8) is 0 Å². The summed E-state index contributed by atoms with van der Waals surface area (Å²) in [5.41, 5.74) is 6.14. The van der Waals surface area contributed by atoms with Crippen LogP contribution in [0.3, 0.4) is 0 Å². The van der Waals surface area contributed by atoms with Crippen LogP contribution in [0.1, 0.15) is 34.0 Å². The van der Waals surface area contributed by atoms with Gasteiger partial charge < -0.3 is 9.47 Å². The van der Waals surface area contributed by atoms with Gasteiger partial charge in [0, 0.05) is 9.13 Å². The Morgan fingerprint density at radius 1 is 1.10 bits per heavy atom. The molecule has 7 heteroatoms. The summed E-state index contributed by atoms with van der Waals surface area (Å²) in [6, 6.07) is 19.2. The molecule has 1 N–H and O–H groups in total. The highest BCUT2D eigenvalue weighted by molar-refractivity contribution is 14.1. The molecule has 0 bridgehead atoms. The zero-order valence-electron chi connectivity index (χ0n) is 17.2. The van der Waals surface area contributed by atoms with Crippen molar-refractivity contribution in [1.82, 2.24) is 5.43 Å². The smallest absolute Gasteiger partial charge is 0.271 e. The molecular formula is C24H22BrIN2O3. The molecule has 0 aliphatic carbocycles. The van der Waals surface area contributed by atoms with Gasteiger partial charge in [-0.3, -0.25) is 4.79 Å². The van der Waals surface area contributed by atoms with Crippen molar-refractivity contribution in [2.24, 2.45) is 5.10 Å². The van der Waals surface area contributed by atoms with Gasteiger partial charge in [-0.1, -0.05) is 29.8 Å². The van der Waals surface area contributed by atoms with Crippen molar-refractivity contribution < 1.29 is 14.3 Å². The van der Waals surface area contributed by atoms with E-state index in [-0.39, 0.29) is 5.91 Å². The van der Waals surface area contributed by atoms with Crippen LogP contribution < -0.4 is 14.9 Å². The predicted octanol–water partition coefficient (Wildman–Crippen LogP) is 6.10. The molecule has 0 spiro atoms. The molecule has 0 aromatic heterocycles. The molecular weight excluding hydrogens is 571 g/mol. The second kappa shape index (κ2) is 11.3. The SMILES string of the molecule is CCOc1cc(/C=N\NC(=O)c2ccc(I)cc2)cc(Br)c1OCc1ccc(C)cc1. The van der Waals surface area contributed by atoms with Gasteiger partial charge in [0.25, 0.3) is 5.91 Å². The highest BCUT2D eigenvalue weighted by Crippen LogP contribution is 2.37. The van der Waals surface area contributed by atoms with E-state index in [1.807, 2.05) is 43.3 Å². The number of hydrazone groups is 1. The van der Waals surface area contributed by atoms with Crippen LogP contribution in [-0.4, -0.2) is 18.7 Å². The van der Waals surface area contributed by atoms with Crippen molar-refractivity contribution in [2.45, 2.75) is 20.5 Å². The number of benzene rings is 3. The Labute approximate surface area is 204 Å². The first-order valence-electron chi connectivity index (χ1n) is 9.70. The highest BCUT2D eigenvalue weighted by atomic mass is 127.